The fourth-order valence-corrected chi connectivity index (χ4v) is 1.84. The molecule has 1 unspecified atom stereocenters. The van der Waals surface area contributed by atoms with Gasteiger partial charge in [-0.2, -0.15) is 0 Å². The second kappa shape index (κ2) is 7.58. The molecule has 0 amide bonds. The molecule has 4 nitrogen and oxygen atoms in total. The van der Waals surface area contributed by atoms with Crippen LogP contribution in [0.2, 0.25) is 0 Å². The molecule has 1 atom stereocenters. The third kappa shape index (κ3) is 3.95. The molecule has 1 rings (SSSR count). The molecule has 0 fully saturated rings. The number of ether oxygens (including phenoxy) is 3. The summed E-state index contributed by atoms with van der Waals surface area (Å²) in [5, 5.41) is 0. The summed E-state index contributed by atoms with van der Waals surface area (Å²) < 4.78 is 15.3. The molecule has 18 heavy (non-hydrogen) atoms. The van der Waals surface area contributed by atoms with Crippen molar-refractivity contribution < 1.29 is 19.0 Å². The lowest BCUT2D eigenvalue weighted by Gasteiger charge is -2.15. The van der Waals surface area contributed by atoms with Crippen molar-refractivity contribution in [3.63, 3.8) is 0 Å². The van der Waals surface area contributed by atoms with E-state index in [9.17, 15) is 4.79 Å². The maximum absolute atomic E-state index is 10.2. The standard InChI is InChI=1S/C14H20O4/c1-4-11(9-18-10-15)7-12-5-6-13(16-2)14(8-12)17-3/h5-6,8,10-11H,4,7,9H2,1-3H3. The molecule has 0 spiro atoms. The van der Waals surface area contributed by atoms with Crippen LogP contribution in [-0.4, -0.2) is 27.3 Å². The predicted octanol–water partition coefficient (Wildman–Crippen LogP) is 2.45. The zero-order chi connectivity index (χ0) is 13.4. The van der Waals surface area contributed by atoms with Crippen molar-refractivity contribution in [2.75, 3.05) is 20.8 Å². The Bertz CT molecular complexity index is 376. The van der Waals surface area contributed by atoms with Crippen molar-refractivity contribution in [2.45, 2.75) is 19.8 Å². The quantitative estimate of drug-likeness (QED) is 0.667. The summed E-state index contributed by atoms with van der Waals surface area (Å²) in [4.78, 5) is 10.2. The Kier molecular flexibility index (Phi) is 6.05. The maximum Gasteiger partial charge on any atom is 0.293 e. The van der Waals surface area contributed by atoms with Gasteiger partial charge in [0, 0.05) is 0 Å². The lowest BCUT2D eigenvalue weighted by atomic mass is 9.97. The van der Waals surface area contributed by atoms with E-state index in [2.05, 4.69) is 6.92 Å². The van der Waals surface area contributed by atoms with E-state index in [1.165, 1.54) is 0 Å². The van der Waals surface area contributed by atoms with E-state index >= 15 is 0 Å². The van der Waals surface area contributed by atoms with Gasteiger partial charge in [0.05, 0.1) is 20.8 Å². The van der Waals surface area contributed by atoms with Gasteiger partial charge in [-0.05, 0) is 36.5 Å². The summed E-state index contributed by atoms with van der Waals surface area (Å²) in [5.41, 5.74) is 1.15. The predicted molar refractivity (Wildman–Crippen MR) is 69.0 cm³/mol. The van der Waals surface area contributed by atoms with Gasteiger partial charge in [0.1, 0.15) is 0 Å². The molecule has 0 aliphatic heterocycles. The molecule has 0 bridgehead atoms. The van der Waals surface area contributed by atoms with Crippen LogP contribution in [0.25, 0.3) is 0 Å². The zero-order valence-electron chi connectivity index (χ0n) is 11.1. The Morgan fingerprint density at radius 2 is 1.94 bits per heavy atom. The average Bonchev–Trinajstić information content (AvgIpc) is 2.43. The first-order valence-electron chi connectivity index (χ1n) is 6.01. The van der Waals surface area contributed by atoms with Gasteiger partial charge in [0.25, 0.3) is 6.47 Å². The number of methoxy groups -OCH3 is 2. The Balaban J connectivity index is 2.73. The Hall–Kier alpha value is -1.71. The third-order valence-electron chi connectivity index (χ3n) is 2.95. The molecule has 1 aromatic carbocycles. The molecule has 0 saturated heterocycles. The van der Waals surface area contributed by atoms with Gasteiger partial charge in [-0.3, -0.25) is 4.79 Å². The zero-order valence-corrected chi connectivity index (χ0v) is 11.1. The van der Waals surface area contributed by atoms with Crippen molar-refractivity contribution >= 4 is 6.47 Å². The third-order valence-corrected chi connectivity index (χ3v) is 2.95. The van der Waals surface area contributed by atoms with Crippen molar-refractivity contribution in [3.8, 4) is 11.5 Å². The number of hydrogen-bond acceptors (Lipinski definition) is 4. The maximum atomic E-state index is 10.2. The molecule has 0 N–H and O–H groups in total. The van der Waals surface area contributed by atoms with Crippen LogP contribution in [0, 0.1) is 5.92 Å². The van der Waals surface area contributed by atoms with Crippen LogP contribution in [0.3, 0.4) is 0 Å². The second-order valence-corrected chi connectivity index (χ2v) is 4.10. The Morgan fingerprint density at radius 1 is 1.22 bits per heavy atom. The van der Waals surface area contributed by atoms with E-state index in [4.69, 9.17) is 14.2 Å². The van der Waals surface area contributed by atoms with Crippen molar-refractivity contribution in [1.29, 1.82) is 0 Å². The van der Waals surface area contributed by atoms with Crippen molar-refractivity contribution in [3.05, 3.63) is 23.8 Å². The fraction of sp³-hybridized carbons (Fsp3) is 0.500. The summed E-state index contributed by atoms with van der Waals surface area (Å²) >= 11 is 0. The SMILES string of the molecule is CCC(COC=O)Cc1ccc(OC)c(OC)c1. The van der Waals surface area contributed by atoms with Crippen LogP contribution in [0.15, 0.2) is 18.2 Å². The first kappa shape index (κ1) is 14.4. The van der Waals surface area contributed by atoms with Crippen LogP contribution in [-0.2, 0) is 16.0 Å². The number of carbonyl (C=O) groups is 1. The van der Waals surface area contributed by atoms with Gasteiger partial charge in [-0.1, -0.05) is 13.0 Å². The second-order valence-electron chi connectivity index (χ2n) is 4.10. The molecular formula is C14H20O4. The first-order chi connectivity index (χ1) is 8.74. The lowest BCUT2D eigenvalue weighted by Crippen LogP contribution is -2.11. The van der Waals surface area contributed by atoms with Gasteiger partial charge in [0.2, 0.25) is 0 Å². The van der Waals surface area contributed by atoms with Crippen LogP contribution in [0.5, 0.6) is 11.5 Å². The van der Waals surface area contributed by atoms with Gasteiger partial charge in [-0.15, -0.1) is 0 Å². The summed E-state index contributed by atoms with van der Waals surface area (Å²) in [6, 6.07) is 5.86. The molecule has 0 heterocycles. The minimum atomic E-state index is 0.327. The fourth-order valence-electron chi connectivity index (χ4n) is 1.84. The highest BCUT2D eigenvalue weighted by atomic mass is 16.5. The summed E-state index contributed by atoms with van der Waals surface area (Å²) in [6.07, 6.45) is 1.81. The van der Waals surface area contributed by atoms with Crippen LogP contribution in [0.1, 0.15) is 18.9 Å². The highest BCUT2D eigenvalue weighted by Gasteiger charge is 2.10. The summed E-state index contributed by atoms with van der Waals surface area (Å²) in [5.74, 6) is 1.77. The van der Waals surface area contributed by atoms with E-state index in [0.717, 1.165) is 29.9 Å². The molecule has 4 heteroatoms. The molecule has 0 radical (unpaired) electrons. The number of carbonyl (C=O) groups excluding carboxylic acids is 1. The highest BCUT2D eigenvalue weighted by Crippen LogP contribution is 2.28. The van der Waals surface area contributed by atoms with Crippen LogP contribution in [0.4, 0.5) is 0 Å². The number of benzene rings is 1. The smallest absolute Gasteiger partial charge is 0.293 e. The molecular weight excluding hydrogens is 232 g/mol. The van der Waals surface area contributed by atoms with Gasteiger partial charge < -0.3 is 14.2 Å². The van der Waals surface area contributed by atoms with E-state index in [1.54, 1.807) is 14.2 Å². The topological polar surface area (TPSA) is 44.8 Å². The minimum Gasteiger partial charge on any atom is -0.493 e. The van der Waals surface area contributed by atoms with Crippen molar-refractivity contribution in [1.82, 2.24) is 0 Å². The molecule has 1 aromatic rings. The lowest BCUT2D eigenvalue weighted by molar-refractivity contribution is -0.129. The monoisotopic (exact) mass is 252 g/mol. The molecule has 0 aliphatic carbocycles. The number of rotatable bonds is 8. The van der Waals surface area contributed by atoms with Gasteiger partial charge in [0.15, 0.2) is 11.5 Å². The van der Waals surface area contributed by atoms with Crippen LogP contribution < -0.4 is 9.47 Å². The first-order valence-corrected chi connectivity index (χ1v) is 6.01. The minimum absolute atomic E-state index is 0.327. The molecule has 100 valence electrons. The Labute approximate surface area is 108 Å². The summed E-state index contributed by atoms with van der Waals surface area (Å²) in [6.45, 7) is 3.03. The van der Waals surface area contributed by atoms with Crippen LogP contribution >= 0.6 is 0 Å². The molecule has 0 aromatic heterocycles. The summed E-state index contributed by atoms with van der Waals surface area (Å²) in [7, 11) is 3.23. The molecule has 0 aliphatic rings. The normalized spacial score (nSPS) is 11.7. The Morgan fingerprint density at radius 3 is 2.50 bits per heavy atom. The number of hydrogen-bond donors (Lipinski definition) is 0. The van der Waals surface area contributed by atoms with E-state index in [1.807, 2.05) is 18.2 Å². The van der Waals surface area contributed by atoms with E-state index in [0.29, 0.717) is 19.0 Å². The van der Waals surface area contributed by atoms with E-state index < -0.39 is 0 Å². The van der Waals surface area contributed by atoms with Gasteiger partial charge in [-0.25, -0.2) is 0 Å². The van der Waals surface area contributed by atoms with Gasteiger partial charge >= 0.3 is 0 Å². The largest absolute Gasteiger partial charge is 0.493 e. The highest BCUT2D eigenvalue weighted by molar-refractivity contribution is 5.43. The van der Waals surface area contributed by atoms with Crippen molar-refractivity contribution in [2.24, 2.45) is 5.92 Å². The van der Waals surface area contributed by atoms with E-state index in [-0.39, 0.29) is 0 Å². The molecule has 0 saturated carbocycles. The average molecular weight is 252 g/mol.